The van der Waals surface area contributed by atoms with Crippen molar-refractivity contribution in [3.05, 3.63) is 0 Å². The van der Waals surface area contributed by atoms with Gasteiger partial charge in [-0.05, 0) is 32.1 Å². The molecule has 20 heavy (non-hydrogen) atoms. The van der Waals surface area contributed by atoms with Gasteiger partial charge in [-0.2, -0.15) is 0 Å². The summed E-state index contributed by atoms with van der Waals surface area (Å²) in [6, 6.07) is 0. The van der Waals surface area contributed by atoms with E-state index in [9.17, 15) is 8.42 Å². The molecule has 0 bridgehead atoms. The Bertz CT molecular complexity index is 452. The van der Waals surface area contributed by atoms with Gasteiger partial charge < -0.3 is 4.74 Å². The molecule has 2 aliphatic rings. The van der Waals surface area contributed by atoms with E-state index in [0.717, 1.165) is 25.9 Å². The van der Waals surface area contributed by atoms with Crippen LogP contribution in [0.4, 0.5) is 0 Å². The topological polar surface area (TPSA) is 46.6 Å². The van der Waals surface area contributed by atoms with Crippen LogP contribution in [0.15, 0.2) is 0 Å². The second-order valence-electron chi connectivity index (χ2n) is 7.90. The van der Waals surface area contributed by atoms with Gasteiger partial charge in [0, 0.05) is 19.6 Å². The highest BCUT2D eigenvalue weighted by molar-refractivity contribution is 7.94. The number of ether oxygens (including phenoxy) is 1. The smallest absolute Gasteiger partial charge is 0.162 e. The van der Waals surface area contributed by atoms with E-state index in [0.29, 0.717) is 19.8 Å². The molecule has 0 atom stereocenters. The third-order valence-electron chi connectivity index (χ3n) is 5.02. The normalized spacial score (nSPS) is 24.6. The van der Waals surface area contributed by atoms with E-state index in [1.165, 1.54) is 0 Å². The first-order valence-corrected chi connectivity index (χ1v) is 9.06. The number of hydrogen-bond donors (Lipinski definition) is 0. The average Bonchev–Trinajstić information content (AvgIpc) is 3.09. The Morgan fingerprint density at radius 1 is 1.05 bits per heavy atom. The van der Waals surface area contributed by atoms with Crippen molar-refractivity contribution < 1.29 is 13.2 Å². The van der Waals surface area contributed by atoms with E-state index in [4.69, 9.17) is 4.74 Å². The first kappa shape index (κ1) is 16.2. The van der Waals surface area contributed by atoms with Crippen LogP contribution in [0.2, 0.25) is 0 Å². The molecule has 4 nitrogen and oxygen atoms in total. The minimum absolute atomic E-state index is 0.186. The largest absolute Gasteiger partial charge is 0.379 e. The molecule has 1 heterocycles. The van der Waals surface area contributed by atoms with Crippen molar-refractivity contribution in [2.24, 2.45) is 5.41 Å². The highest BCUT2D eigenvalue weighted by Gasteiger charge is 2.65. The maximum atomic E-state index is 13.2. The molecule has 0 N–H and O–H groups in total. The maximum Gasteiger partial charge on any atom is 0.162 e. The molecule has 0 aromatic carbocycles. The van der Waals surface area contributed by atoms with E-state index in [1.807, 2.05) is 13.8 Å². The Hall–Kier alpha value is -0.130. The second-order valence-corrected chi connectivity index (χ2v) is 10.8. The molecule has 1 saturated carbocycles. The third kappa shape index (κ3) is 2.53. The first-order chi connectivity index (χ1) is 9.04. The zero-order chi connectivity index (χ0) is 15.2. The zero-order valence-corrected chi connectivity index (χ0v) is 14.3. The van der Waals surface area contributed by atoms with Gasteiger partial charge in [0.2, 0.25) is 0 Å². The van der Waals surface area contributed by atoms with Crippen molar-refractivity contribution in [1.82, 2.24) is 4.90 Å². The van der Waals surface area contributed by atoms with Crippen molar-refractivity contribution in [3.63, 3.8) is 0 Å². The summed E-state index contributed by atoms with van der Waals surface area (Å²) in [7, 11) is -3.17. The lowest BCUT2D eigenvalue weighted by Gasteiger charge is -2.40. The van der Waals surface area contributed by atoms with Gasteiger partial charge in [0.05, 0.1) is 22.7 Å². The fraction of sp³-hybridized carbons (Fsp3) is 1.00. The van der Waals surface area contributed by atoms with Crippen molar-refractivity contribution in [1.29, 1.82) is 0 Å². The Balaban J connectivity index is 2.19. The first-order valence-electron chi connectivity index (χ1n) is 7.58. The monoisotopic (exact) mass is 303 g/mol. The van der Waals surface area contributed by atoms with Crippen LogP contribution in [-0.4, -0.2) is 55.7 Å². The minimum Gasteiger partial charge on any atom is -0.379 e. The number of nitrogens with zero attached hydrogens (tertiary/aromatic N) is 1. The van der Waals surface area contributed by atoms with Crippen LogP contribution in [-0.2, 0) is 14.6 Å². The van der Waals surface area contributed by atoms with E-state index in [2.05, 4.69) is 25.7 Å². The van der Waals surface area contributed by atoms with Gasteiger partial charge in [0.25, 0.3) is 0 Å². The second kappa shape index (κ2) is 4.96. The van der Waals surface area contributed by atoms with Gasteiger partial charge in [-0.25, -0.2) is 8.42 Å². The molecule has 0 radical (unpaired) electrons. The Morgan fingerprint density at radius 3 is 1.95 bits per heavy atom. The zero-order valence-electron chi connectivity index (χ0n) is 13.5. The van der Waals surface area contributed by atoms with E-state index < -0.39 is 19.3 Å². The van der Waals surface area contributed by atoms with Crippen LogP contribution < -0.4 is 0 Å². The standard InChI is InChI=1S/C15H29NO3S/c1-13(2,3)15(6-7-15)20(17,18)14(4,5)12-16-8-10-19-11-9-16/h6-12H2,1-5H3. The highest BCUT2D eigenvalue weighted by atomic mass is 32.2. The van der Waals surface area contributed by atoms with Crippen LogP contribution in [0, 0.1) is 5.41 Å². The van der Waals surface area contributed by atoms with Crippen molar-refractivity contribution in [2.75, 3.05) is 32.8 Å². The molecular formula is C15H29NO3S. The molecule has 0 aromatic rings. The fourth-order valence-corrected chi connectivity index (χ4v) is 6.30. The minimum atomic E-state index is -3.17. The number of morpholine rings is 1. The lowest BCUT2D eigenvalue weighted by molar-refractivity contribution is 0.0343. The molecule has 0 aromatic heterocycles. The Labute approximate surface area is 123 Å². The summed E-state index contributed by atoms with van der Waals surface area (Å²) in [6.45, 7) is 13.7. The van der Waals surface area contributed by atoms with Crippen molar-refractivity contribution in [2.45, 2.75) is 57.0 Å². The van der Waals surface area contributed by atoms with Gasteiger partial charge in [-0.15, -0.1) is 0 Å². The maximum absolute atomic E-state index is 13.2. The molecular weight excluding hydrogens is 274 g/mol. The summed E-state index contributed by atoms with van der Waals surface area (Å²) >= 11 is 0. The fourth-order valence-electron chi connectivity index (χ4n) is 3.45. The number of rotatable bonds is 4. The van der Waals surface area contributed by atoms with Crippen molar-refractivity contribution in [3.8, 4) is 0 Å². The predicted molar refractivity (Wildman–Crippen MR) is 81.7 cm³/mol. The SMILES string of the molecule is CC(C)(C)C1(S(=O)(=O)C(C)(C)CN2CCOCC2)CC1. The highest BCUT2D eigenvalue weighted by Crippen LogP contribution is 2.58. The van der Waals surface area contributed by atoms with Crippen LogP contribution in [0.3, 0.4) is 0 Å². The van der Waals surface area contributed by atoms with Gasteiger partial charge >= 0.3 is 0 Å². The van der Waals surface area contributed by atoms with E-state index in [1.54, 1.807) is 0 Å². The lowest BCUT2D eigenvalue weighted by atomic mass is 9.89. The molecule has 1 aliphatic heterocycles. The molecule has 0 unspecified atom stereocenters. The van der Waals surface area contributed by atoms with Gasteiger partial charge in [-0.1, -0.05) is 20.8 Å². The van der Waals surface area contributed by atoms with Gasteiger partial charge in [-0.3, -0.25) is 4.90 Å². The molecule has 118 valence electrons. The van der Waals surface area contributed by atoms with Crippen LogP contribution in [0.5, 0.6) is 0 Å². The summed E-state index contributed by atoms with van der Waals surface area (Å²) < 4.78 is 30.5. The van der Waals surface area contributed by atoms with E-state index in [-0.39, 0.29) is 5.41 Å². The summed E-state index contributed by atoms with van der Waals surface area (Å²) in [4.78, 5) is 2.22. The molecule has 1 saturated heterocycles. The van der Waals surface area contributed by atoms with Gasteiger partial charge in [0.1, 0.15) is 0 Å². The molecule has 0 amide bonds. The Kier molecular flexibility index (Phi) is 4.03. The van der Waals surface area contributed by atoms with E-state index >= 15 is 0 Å². The predicted octanol–water partition coefficient (Wildman–Crippen LogP) is 2.09. The molecule has 1 aliphatic carbocycles. The van der Waals surface area contributed by atoms with Crippen molar-refractivity contribution >= 4 is 9.84 Å². The lowest BCUT2D eigenvalue weighted by Crippen LogP contribution is -2.54. The number of sulfone groups is 1. The third-order valence-corrected chi connectivity index (χ3v) is 8.65. The van der Waals surface area contributed by atoms with Crippen LogP contribution in [0.1, 0.15) is 47.5 Å². The summed E-state index contributed by atoms with van der Waals surface area (Å²) in [6.07, 6.45) is 1.62. The Morgan fingerprint density at radius 2 is 1.55 bits per heavy atom. The van der Waals surface area contributed by atoms with Crippen LogP contribution >= 0.6 is 0 Å². The number of hydrogen-bond acceptors (Lipinski definition) is 4. The van der Waals surface area contributed by atoms with Gasteiger partial charge in [0.15, 0.2) is 9.84 Å². The quantitative estimate of drug-likeness (QED) is 0.798. The molecule has 2 fully saturated rings. The van der Waals surface area contributed by atoms with Crippen LogP contribution in [0.25, 0.3) is 0 Å². The summed E-state index contributed by atoms with van der Waals surface area (Å²) in [5.41, 5.74) is -0.186. The molecule has 2 rings (SSSR count). The summed E-state index contributed by atoms with van der Waals surface area (Å²) in [5.74, 6) is 0. The average molecular weight is 303 g/mol. The molecule has 5 heteroatoms. The summed E-state index contributed by atoms with van der Waals surface area (Å²) in [5, 5.41) is 0. The molecule has 0 spiro atoms.